The Balaban J connectivity index is 1.96. The molecule has 1 aromatic heterocycles. The molecule has 0 N–H and O–H groups in total. The predicted octanol–water partition coefficient (Wildman–Crippen LogP) is 2.42. The molecule has 1 heterocycles. The maximum Gasteiger partial charge on any atom is 0.359 e. The first-order chi connectivity index (χ1) is 12.9. The number of carbonyl (C=O) groups is 2. The molecular formula is C20H25N3O4. The number of nitrogens with zero attached hydrogens (tertiary/aromatic N) is 3. The lowest BCUT2D eigenvalue weighted by molar-refractivity contribution is -0.135. The second kappa shape index (κ2) is 9.66. The SMILES string of the molecule is CCCCn1nc(C(=O)OCC(=O)N(C)C(C)c2ccccc2)ccc1=O. The normalized spacial score (nSPS) is 11.7. The van der Waals surface area contributed by atoms with Crippen LogP contribution < -0.4 is 5.56 Å². The molecular weight excluding hydrogens is 346 g/mol. The van der Waals surface area contributed by atoms with E-state index in [0.29, 0.717) is 6.54 Å². The van der Waals surface area contributed by atoms with Crippen LogP contribution in [0.15, 0.2) is 47.3 Å². The first kappa shape index (κ1) is 20.4. The number of hydrogen-bond acceptors (Lipinski definition) is 5. The number of likely N-dealkylation sites (N-methyl/N-ethyl adjacent to an activating group) is 1. The van der Waals surface area contributed by atoms with Crippen molar-refractivity contribution in [1.29, 1.82) is 0 Å². The maximum atomic E-state index is 12.3. The largest absolute Gasteiger partial charge is 0.451 e. The summed E-state index contributed by atoms with van der Waals surface area (Å²) >= 11 is 0. The van der Waals surface area contributed by atoms with Gasteiger partial charge >= 0.3 is 5.97 Å². The molecule has 0 radical (unpaired) electrons. The fraction of sp³-hybridized carbons (Fsp3) is 0.400. The Morgan fingerprint density at radius 1 is 1.19 bits per heavy atom. The number of esters is 1. The lowest BCUT2D eigenvalue weighted by atomic mass is 10.1. The highest BCUT2D eigenvalue weighted by molar-refractivity contribution is 5.89. The third-order valence-electron chi connectivity index (χ3n) is 4.38. The zero-order chi connectivity index (χ0) is 19.8. The summed E-state index contributed by atoms with van der Waals surface area (Å²) in [6, 6.07) is 12.0. The van der Waals surface area contributed by atoms with E-state index in [0.717, 1.165) is 18.4 Å². The first-order valence-electron chi connectivity index (χ1n) is 9.00. The number of ether oxygens (including phenoxy) is 1. The Morgan fingerprint density at radius 2 is 1.89 bits per heavy atom. The van der Waals surface area contributed by atoms with Gasteiger partial charge in [-0.3, -0.25) is 9.59 Å². The zero-order valence-corrected chi connectivity index (χ0v) is 15.9. The topological polar surface area (TPSA) is 81.5 Å². The molecule has 0 saturated heterocycles. The number of hydrogen-bond donors (Lipinski definition) is 0. The van der Waals surface area contributed by atoms with Crippen molar-refractivity contribution >= 4 is 11.9 Å². The number of rotatable bonds is 8. The molecule has 0 aliphatic heterocycles. The van der Waals surface area contributed by atoms with Crippen molar-refractivity contribution in [3.8, 4) is 0 Å². The van der Waals surface area contributed by atoms with Gasteiger partial charge in [0, 0.05) is 19.7 Å². The summed E-state index contributed by atoms with van der Waals surface area (Å²) in [6.45, 7) is 3.96. The third kappa shape index (κ3) is 5.51. The standard InChI is InChI=1S/C20H25N3O4/c1-4-5-13-23-18(24)12-11-17(21-23)20(26)27-14-19(25)22(3)15(2)16-9-7-6-8-10-16/h6-12,15H,4-5,13-14H2,1-3H3. The van der Waals surface area contributed by atoms with Gasteiger partial charge < -0.3 is 9.64 Å². The Hall–Kier alpha value is -2.96. The fourth-order valence-electron chi connectivity index (χ4n) is 2.50. The van der Waals surface area contributed by atoms with Crippen LogP contribution in [-0.2, 0) is 16.1 Å². The number of unbranched alkanes of at least 4 members (excludes halogenated alkanes) is 1. The Labute approximate surface area is 158 Å². The van der Waals surface area contributed by atoms with Crippen LogP contribution in [0, 0.1) is 0 Å². The van der Waals surface area contributed by atoms with E-state index >= 15 is 0 Å². The van der Waals surface area contributed by atoms with E-state index in [-0.39, 0.29) is 29.8 Å². The van der Waals surface area contributed by atoms with Gasteiger partial charge in [-0.2, -0.15) is 5.10 Å². The van der Waals surface area contributed by atoms with Crippen LogP contribution in [-0.4, -0.2) is 40.2 Å². The minimum atomic E-state index is -0.727. The molecule has 7 nitrogen and oxygen atoms in total. The summed E-state index contributed by atoms with van der Waals surface area (Å²) in [7, 11) is 1.66. The van der Waals surface area contributed by atoms with Gasteiger partial charge in [0.25, 0.3) is 11.5 Å². The molecule has 1 atom stereocenters. The molecule has 2 rings (SSSR count). The van der Waals surface area contributed by atoms with Crippen LogP contribution in [0.3, 0.4) is 0 Å². The smallest absolute Gasteiger partial charge is 0.359 e. The fourth-order valence-corrected chi connectivity index (χ4v) is 2.50. The van der Waals surface area contributed by atoms with Crippen LogP contribution in [0.5, 0.6) is 0 Å². The van der Waals surface area contributed by atoms with Crippen LogP contribution in [0.4, 0.5) is 0 Å². The Bertz CT molecular complexity index is 833. The number of amides is 1. The lowest BCUT2D eigenvalue weighted by Crippen LogP contribution is -2.33. The number of aromatic nitrogens is 2. The highest BCUT2D eigenvalue weighted by atomic mass is 16.5. The van der Waals surface area contributed by atoms with Crippen LogP contribution in [0.25, 0.3) is 0 Å². The van der Waals surface area contributed by atoms with E-state index in [9.17, 15) is 14.4 Å². The third-order valence-corrected chi connectivity index (χ3v) is 4.38. The number of carbonyl (C=O) groups excluding carboxylic acids is 2. The van der Waals surface area contributed by atoms with E-state index < -0.39 is 5.97 Å². The van der Waals surface area contributed by atoms with E-state index in [4.69, 9.17) is 4.74 Å². The van der Waals surface area contributed by atoms with Crippen molar-refractivity contribution in [2.75, 3.05) is 13.7 Å². The average molecular weight is 371 g/mol. The van der Waals surface area contributed by atoms with Gasteiger partial charge in [-0.15, -0.1) is 0 Å². The molecule has 0 aliphatic carbocycles. The van der Waals surface area contributed by atoms with Gasteiger partial charge in [-0.1, -0.05) is 43.7 Å². The molecule has 27 heavy (non-hydrogen) atoms. The molecule has 0 bridgehead atoms. The van der Waals surface area contributed by atoms with E-state index in [1.54, 1.807) is 7.05 Å². The molecule has 0 spiro atoms. The average Bonchev–Trinajstić information content (AvgIpc) is 2.70. The van der Waals surface area contributed by atoms with Gasteiger partial charge in [0.2, 0.25) is 0 Å². The van der Waals surface area contributed by atoms with E-state index in [1.165, 1.54) is 21.7 Å². The van der Waals surface area contributed by atoms with Gasteiger partial charge in [0.05, 0.1) is 6.04 Å². The summed E-state index contributed by atoms with van der Waals surface area (Å²) in [5, 5.41) is 4.02. The van der Waals surface area contributed by atoms with Crippen molar-refractivity contribution in [3.63, 3.8) is 0 Å². The molecule has 1 unspecified atom stereocenters. The van der Waals surface area contributed by atoms with Crippen molar-refractivity contribution in [1.82, 2.24) is 14.7 Å². The first-order valence-corrected chi connectivity index (χ1v) is 9.00. The molecule has 0 saturated carbocycles. The Morgan fingerprint density at radius 3 is 2.56 bits per heavy atom. The van der Waals surface area contributed by atoms with Crippen molar-refractivity contribution in [3.05, 3.63) is 64.1 Å². The van der Waals surface area contributed by atoms with Gasteiger partial charge in [-0.25, -0.2) is 9.48 Å². The second-order valence-electron chi connectivity index (χ2n) is 6.30. The monoisotopic (exact) mass is 371 g/mol. The molecule has 1 amide bonds. The molecule has 1 aromatic carbocycles. The van der Waals surface area contributed by atoms with Crippen molar-refractivity contribution in [2.24, 2.45) is 0 Å². The summed E-state index contributed by atoms with van der Waals surface area (Å²) in [5.74, 6) is -1.05. The van der Waals surface area contributed by atoms with Gasteiger partial charge in [-0.05, 0) is 25.0 Å². The van der Waals surface area contributed by atoms with Crippen LogP contribution in [0.2, 0.25) is 0 Å². The summed E-state index contributed by atoms with van der Waals surface area (Å²) in [6.07, 6.45) is 1.69. The molecule has 2 aromatic rings. The summed E-state index contributed by atoms with van der Waals surface area (Å²) in [4.78, 5) is 37.8. The Kier molecular flexibility index (Phi) is 7.28. The quantitative estimate of drug-likeness (QED) is 0.666. The number of benzene rings is 1. The minimum Gasteiger partial charge on any atom is -0.451 e. The highest BCUT2D eigenvalue weighted by Crippen LogP contribution is 2.18. The van der Waals surface area contributed by atoms with E-state index in [2.05, 4.69) is 5.10 Å². The minimum absolute atomic E-state index is 0.0114. The maximum absolute atomic E-state index is 12.3. The highest BCUT2D eigenvalue weighted by Gasteiger charge is 2.20. The van der Waals surface area contributed by atoms with Crippen LogP contribution in [0.1, 0.15) is 48.8 Å². The van der Waals surface area contributed by atoms with E-state index in [1.807, 2.05) is 44.2 Å². The van der Waals surface area contributed by atoms with Crippen LogP contribution >= 0.6 is 0 Å². The molecule has 7 heteroatoms. The number of aryl methyl sites for hydroxylation is 1. The van der Waals surface area contributed by atoms with Gasteiger partial charge in [0.15, 0.2) is 12.3 Å². The van der Waals surface area contributed by atoms with Crippen molar-refractivity contribution < 1.29 is 14.3 Å². The molecule has 0 fully saturated rings. The zero-order valence-electron chi connectivity index (χ0n) is 15.9. The summed E-state index contributed by atoms with van der Waals surface area (Å²) in [5.41, 5.74) is 0.731. The van der Waals surface area contributed by atoms with Crippen molar-refractivity contribution in [2.45, 2.75) is 39.3 Å². The summed E-state index contributed by atoms with van der Waals surface area (Å²) < 4.78 is 6.33. The molecule has 144 valence electrons. The lowest BCUT2D eigenvalue weighted by Gasteiger charge is -2.25. The van der Waals surface area contributed by atoms with Gasteiger partial charge in [0.1, 0.15) is 0 Å². The predicted molar refractivity (Wildman–Crippen MR) is 101 cm³/mol. The molecule has 0 aliphatic rings. The second-order valence-corrected chi connectivity index (χ2v) is 6.30.